The van der Waals surface area contributed by atoms with Gasteiger partial charge >= 0.3 is 0 Å². The lowest BCUT2D eigenvalue weighted by molar-refractivity contribution is -0.127. The van der Waals surface area contributed by atoms with Crippen LogP contribution in [0.5, 0.6) is 0 Å². The van der Waals surface area contributed by atoms with E-state index in [4.69, 9.17) is 0 Å². The van der Waals surface area contributed by atoms with Crippen molar-refractivity contribution in [2.45, 2.75) is 146 Å². The zero-order valence-corrected chi connectivity index (χ0v) is 26.6. The van der Waals surface area contributed by atoms with E-state index in [1.807, 2.05) is 30.3 Å². The van der Waals surface area contributed by atoms with Crippen molar-refractivity contribution in [3.8, 4) is 0 Å². The summed E-state index contributed by atoms with van der Waals surface area (Å²) < 4.78 is 14.2. The van der Waals surface area contributed by atoms with Gasteiger partial charge < -0.3 is 10.2 Å². The van der Waals surface area contributed by atoms with Gasteiger partial charge in [0.05, 0.1) is 22.5 Å². The van der Waals surface area contributed by atoms with E-state index in [0.717, 1.165) is 67.6 Å². The first-order chi connectivity index (χ1) is 18.9. The summed E-state index contributed by atoms with van der Waals surface area (Å²) in [5.74, 6) is 3.72. The van der Waals surface area contributed by atoms with Crippen molar-refractivity contribution in [1.82, 2.24) is 0 Å². The predicted octanol–water partition coefficient (Wildman–Crippen LogP) is 8.29. The maximum Gasteiger partial charge on any atom is 0.0659 e. The van der Waals surface area contributed by atoms with Crippen LogP contribution in [0.2, 0.25) is 0 Å². The molecule has 3 nitrogen and oxygen atoms in total. The minimum atomic E-state index is -1.10. The molecule has 5 aliphatic carbocycles. The molecule has 10 unspecified atom stereocenters. The van der Waals surface area contributed by atoms with Gasteiger partial charge in [-0.3, -0.25) is 4.21 Å². The Hall–Kier alpha value is -0.710. The molecule has 0 spiro atoms. The third-order valence-corrected chi connectivity index (χ3v) is 15.5. The highest BCUT2D eigenvalue weighted by molar-refractivity contribution is 7.85. The quantitative estimate of drug-likeness (QED) is 0.363. The molecular formula is C36H56O3S. The van der Waals surface area contributed by atoms with Gasteiger partial charge in [0.15, 0.2) is 0 Å². The summed E-state index contributed by atoms with van der Waals surface area (Å²) in [7, 11) is -1.10. The number of aliphatic hydroxyl groups excluding tert-OH is 1. The zero-order valence-electron chi connectivity index (χ0n) is 25.7. The number of benzene rings is 1. The summed E-state index contributed by atoms with van der Waals surface area (Å²) in [6, 6.07) is 10.1. The normalized spacial score (nSPS) is 43.6. The largest absolute Gasteiger partial charge is 0.393 e. The van der Waals surface area contributed by atoms with Gasteiger partial charge in [0.1, 0.15) is 0 Å². The van der Waals surface area contributed by atoms with Crippen LogP contribution in [0.15, 0.2) is 35.2 Å². The van der Waals surface area contributed by atoms with Crippen molar-refractivity contribution in [2.75, 3.05) is 0 Å². The Labute approximate surface area is 246 Å². The highest BCUT2D eigenvalue weighted by Gasteiger charge is 2.60. The fourth-order valence-electron chi connectivity index (χ4n) is 11.1. The minimum absolute atomic E-state index is 0.0139. The van der Waals surface area contributed by atoms with Crippen molar-refractivity contribution >= 4 is 10.8 Å². The molecule has 224 valence electrons. The Bertz CT molecular complexity index is 1060. The Morgan fingerprint density at radius 3 is 2.23 bits per heavy atom. The van der Waals surface area contributed by atoms with Gasteiger partial charge in [-0.2, -0.15) is 0 Å². The molecule has 0 aliphatic heterocycles. The number of hydrogen-bond donors (Lipinski definition) is 2. The maximum atomic E-state index is 14.2. The van der Waals surface area contributed by atoms with E-state index in [0.29, 0.717) is 34.5 Å². The van der Waals surface area contributed by atoms with Crippen molar-refractivity contribution in [1.29, 1.82) is 0 Å². The molecule has 5 aliphatic rings. The fraction of sp³-hybridized carbons (Fsp3) is 0.833. The Morgan fingerprint density at radius 2 is 1.50 bits per heavy atom. The van der Waals surface area contributed by atoms with Gasteiger partial charge in [-0.15, -0.1) is 0 Å². The first kappa shape index (κ1) is 29.4. The number of rotatable bonds is 6. The molecule has 1 aromatic rings. The monoisotopic (exact) mass is 568 g/mol. The van der Waals surface area contributed by atoms with Crippen molar-refractivity contribution in [3.05, 3.63) is 30.3 Å². The van der Waals surface area contributed by atoms with Crippen molar-refractivity contribution in [2.24, 2.45) is 45.8 Å². The molecule has 0 heterocycles. The van der Waals surface area contributed by atoms with Gasteiger partial charge in [-0.25, -0.2) is 0 Å². The summed E-state index contributed by atoms with van der Waals surface area (Å²) in [5.41, 5.74) is 0.364. The Balaban J connectivity index is 1.21. The Kier molecular flexibility index (Phi) is 7.91. The fourth-order valence-corrected chi connectivity index (χ4v) is 12.7. The van der Waals surface area contributed by atoms with Crippen molar-refractivity contribution in [3.63, 3.8) is 0 Å². The van der Waals surface area contributed by atoms with E-state index in [9.17, 15) is 14.4 Å². The van der Waals surface area contributed by atoms with E-state index in [2.05, 4.69) is 27.7 Å². The van der Waals surface area contributed by atoms with Gasteiger partial charge in [0.25, 0.3) is 0 Å². The Morgan fingerprint density at radius 1 is 0.825 bits per heavy atom. The van der Waals surface area contributed by atoms with Crippen LogP contribution in [0.3, 0.4) is 0 Å². The summed E-state index contributed by atoms with van der Waals surface area (Å²) in [6.45, 7) is 9.84. The molecule has 10 atom stereocenters. The smallest absolute Gasteiger partial charge is 0.0659 e. The highest BCUT2D eigenvalue weighted by atomic mass is 32.2. The van der Waals surface area contributed by atoms with Crippen LogP contribution < -0.4 is 0 Å². The standard InChI is InChI=1S/C36H56O3S/c1-33(2)18-20-36(38,21-19-33)24-29(40(39)28-8-6-5-7-9-28)23-26-11-13-31-30-12-10-25-22-27(37)14-16-34(25,3)32(30)15-17-35(26,31)4/h5-9,25-27,29-32,37-38H,10-24H2,1-4H3. The van der Waals surface area contributed by atoms with Crippen LogP contribution in [0.1, 0.15) is 124 Å². The van der Waals surface area contributed by atoms with E-state index < -0.39 is 16.4 Å². The summed E-state index contributed by atoms with van der Waals surface area (Å²) >= 11 is 0. The highest BCUT2D eigenvalue weighted by Crippen LogP contribution is 2.68. The molecule has 4 heteroatoms. The lowest BCUT2D eigenvalue weighted by Gasteiger charge is -2.61. The van der Waals surface area contributed by atoms with Crippen LogP contribution in [0.25, 0.3) is 0 Å². The van der Waals surface area contributed by atoms with E-state index in [1.165, 1.54) is 44.9 Å². The summed E-state index contributed by atoms with van der Waals surface area (Å²) in [5, 5.41) is 22.2. The van der Waals surface area contributed by atoms with Gasteiger partial charge in [0.2, 0.25) is 0 Å². The van der Waals surface area contributed by atoms with Gasteiger partial charge in [0, 0.05) is 10.1 Å². The van der Waals surface area contributed by atoms with Crippen LogP contribution >= 0.6 is 0 Å². The van der Waals surface area contributed by atoms with E-state index >= 15 is 0 Å². The minimum Gasteiger partial charge on any atom is -0.393 e. The topological polar surface area (TPSA) is 57.5 Å². The van der Waals surface area contributed by atoms with Gasteiger partial charge in [-0.1, -0.05) is 45.9 Å². The average Bonchev–Trinajstić information content (AvgIpc) is 3.27. The second-order valence-corrected chi connectivity index (χ2v) is 18.2. The molecule has 0 amide bonds. The molecular weight excluding hydrogens is 512 g/mol. The average molecular weight is 569 g/mol. The molecule has 0 saturated heterocycles. The third kappa shape index (κ3) is 5.30. The molecule has 0 aromatic heterocycles. The molecule has 6 rings (SSSR count). The SMILES string of the molecule is CC1(C)CCC(O)(CC(CC2CCC3C4CCC5CC(O)CCC5(C)C4CCC23C)S(=O)c2ccccc2)CC1. The molecule has 5 fully saturated rings. The number of fused-ring (bicyclic) bond motifs is 5. The second-order valence-electron chi connectivity index (χ2n) is 16.5. The lowest BCUT2D eigenvalue weighted by Crippen LogP contribution is -2.54. The maximum absolute atomic E-state index is 14.2. The predicted molar refractivity (Wildman–Crippen MR) is 164 cm³/mol. The molecule has 1 aromatic carbocycles. The number of aliphatic hydroxyl groups is 2. The molecule has 2 N–H and O–H groups in total. The van der Waals surface area contributed by atoms with Crippen LogP contribution in [-0.2, 0) is 10.8 Å². The number of hydrogen-bond acceptors (Lipinski definition) is 3. The zero-order chi connectivity index (χ0) is 28.3. The molecule has 5 saturated carbocycles. The molecule has 40 heavy (non-hydrogen) atoms. The van der Waals surface area contributed by atoms with Crippen LogP contribution in [-0.4, -0.2) is 31.4 Å². The summed E-state index contributed by atoms with van der Waals surface area (Å²) in [4.78, 5) is 0.932. The lowest BCUT2D eigenvalue weighted by atomic mass is 9.44. The van der Waals surface area contributed by atoms with E-state index in [1.54, 1.807) is 0 Å². The second kappa shape index (κ2) is 10.8. The van der Waals surface area contributed by atoms with Crippen LogP contribution in [0.4, 0.5) is 0 Å². The molecule has 0 bridgehead atoms. The molecule has 0 radical (unpaired) electrons. The van der Waals surface area contributed by atoms with Crippen molar-refractivity contribution < 1.29 is 14.4 Å². The van der Waals surface area contributed by atoms with Crippen LogP contribution in [0, 0.1) is 45.8 Å². The summed E-state index contributed by atoms with van der Waals surface area (Å²) in [6.07, 6.45) is 16.5. The van der Waals surface area contributed by atoms with E-state index in [-0.39, 0.29) is 11.4 Å². The van der Waals surface area contributed by atoms with Gasteiger partial charge in [-0.05, 0) is 154 Å². The third-order valence-electron chi connectivity index (χ3n) is 13.8. The first-order valence-corrected chi connectivity index (χ1v) is 18.0. The first-order valence-electron chi connectivity index (χ1n) is 16.8.